The third-order valence-electron chi connectivity index (χ3n) is 8.85. The lowest BCUT2D eigenvalue weighted by Gasteiger charge is -2.29. The van der Waals surface area contributed by atoms with Crippen molar-refractivity contribution in [1.29, 1.82) is 0 Å². The molecule has 0 amide bonds. The van der Waals surface area contributed by atoms with Crippen LogP contribution in [0, 0.1) is 11.8 Å². The minimum absolute atomic E-state index is 0.0673. The molecule has 3 aromatic rings. The molecule has 250 valence electrons. The summed E-state index contributed by atoms with van der Waals surface area (Å²) in [5, 5.41) is 8.34. The molecule has 0 unspecified atom stereocenters. The number of hydrogen-bond acceptors (Lipinski definition) is 10. The highest BCUT2D eigenvalue weighted by atomic mass is 32.2. The summed E-state index contributed by atoms with van der Waals surface area (Å²) >= 11 is 0. The summed E-state index contributed by atoms with van der Waals surface area (Å²) < 4.78 is 52.4. The molecular formula is C34H45N3O8S. The standard InChI is InChI=1S/C34H45N3O8S/c1-4-42-34(38)32-33(37(36-35-32)21-24-8-14-29(41-2)15-9-24)45-31-18-12-28(13-19-31)27-10-16-30(17-11-27)43-22-25-6-5-7-26(20-25)23-44-46(3,39)40/h8-11,14-17,25-26,28,31H,4-7,12-13,18-23H2,1-3H3/t25-,26-,28?,31?/m0/s1. The molecule has 2 aromatic carbocycles. The van der Waals surface area contributed by atoms with Crippen molar-refractivity contribution >= 4 is 16.1 Å². The summed E-state index contributed by atoms with van der Waals surface area (Å²) in [6.07, 6.45) is 8.67. The van der Waals surface area contributed by atoms with Crippen LogP contribution < -0.4 is 14.2 Å². The normalized spacial score (nSPS) is 21.8. The number of benzene rings is 2. The summed E-state index contributed by atoms with van der Waals surface area (Å²) in [4.78, 5) is 12.7. The van der Waals surface area contributed by atoms with Gasteiger partial charge in [-0.1, -0.05) is 35.9 Å². The molecule has 11 nitrogen and oxygen atoms in total. The summed E-state index contributed by atoms with van der Waals surface area (Å²) in [6.45, 7) is 3.27. The molecule has 12 heteroatoms. The minimum atomic E-state index is -3.41. The van der Waals surface area contributed by atoms with Crippen molar-refractivity contribution in [2.45, 2.75) is 76.9 Å². The maximum atomic E-state index is 12.7. The number of methoxy groups -OCH3 is 1. The van der Waals surface area contributed by atoms with E-state index in [1.807, 2.05) is 36.4 Å². The third kappa shape index (κ3) is 9.45. The van der Waals surface area contributed by atoms with Gasteiger partial charge in [0, 0.05) is 0 Å². The summed E-state index contributed by atoms with van der Waals surface area (Å²) in [7, 11) is -1.78. The van der Waals surface area contributed by atoms with Gasteiger partial charge < -0.3 is 18.9 Å². The Balaban J connectivity index is 1.13. The van der Waals surface area contributed by atoms with E-state index in [0.717, 1.165) is 74.7 Å². The second kappa shape index (κ2) is 15.8. The van der Waals surface area contributed by atoms with Crippen LogP contribution in [0.15, 0.2) is 48.5 Å². The third-order valence-corrected chi connectivity index (χ3v) is 9.41. The molecule has 5 rings (SSSR count). The van der Waals surface area contributed by atoms with Gasteiger partial charge in [0.05, 0.1) is 39.7 Å². The molecule has 2 fully saturated rings. The highest BCUT2D eigenvalue weighted by Gasteiger charge is 2.29. The van der Waals surface area contributed by atoms with Crippen molar-refractivity contribution in [2.24, 2.45) is 11.8 Å². The molecule has 46 heavy (non-hydrogen) atoms. The first-order valence-electron chi connectivity index (χ1n) is 16.2. The zero-order valence-electron chi connectivity index (χ0n) is 26.9. The Labute approximate surface area is 271 Å². The maximum absolute atomic E-state index is 12.7. The first-order valence-corrected chi connectivity index (χ1v) is 18.0. The largest absolute Gasteiger partial charge is 0.497 e. The Hall–Kier alpha value is -3.64. The van der Waals surface area contributed by atoms with Crippen molar-refractivity contribution in [1.82, 2.24) is 15.0 Å². The smallest absolute Gasteiger partial charge is 0.364 e. The summed E-state index contributed by atoms with van der Waals surface area (Å²) in [6, 6.07) is 16.0. The van der Waals surface area contributed by atoms with Crippen LogP contribution in [0.5, 0.6) is 17.4 Å². The highest BCUT2D eigenvalue weighted by molar-refractivity contribution is 7.85. The van der Waals surface area contributed by atoms with Gasteiger partial charge in [-0.15, -0.1) is 5.10 Å². The molecule has 2 aliphatic rings. The van der Waals surface area contributed by atoms with Gasteiger partial charge in [0.15, 0.2) is 0 Å². The minimum Gasteiger partial charge on any atom is -0.497 e. The van der Waals surface area contributed by atoms with Gasteiger partial charge in [0.25, 0.3) is 10.1 Å². The zero-order chi connectivity index (χ0) is 32.5. The first-order chi connectivity index (χ1) is 22.2. The van der Waals surface area contributed by atoms with Crippen LogP contribution in [0.2, 0.25) is 0 Å². The van der Waals surface area contributed by atoms with E-state index < -0.39 is 16.1 Å². The van der Waals surface area contributed by atoms with Gasteiger partial charge in [-0.3, -0.25) is 4.18 Å². The fraction of sp³-hybridized carbons (Fsp3) is 0.559. The van der Waals surface area contributed by atoms with E-state index in [4.69, 9.17) is 23.1 Å². The van der Waals surface area contributed by atoms with E-state index in [1.54, 1.807) is 18.7 Å². The quantitative estimate of drug-likeness (QED) is 0.156. The van der Waals surface area contributed by atoms with Crippen LogP contribution in [0.3, 0.4) is 0 Å². The predicted molar refractivity (Wildman–Crippen MR) is 172 cm³/mol. The lowest BCUT2D eigenvalue weighted by atomic mass is 9.82. The highest BCUT2D eigenvalue weighted by Crippen LogP contribution is 2.36. The number of esters is 1. The number of aromatic nitrogens is 3. The average molecular weight is 656 g/mol. The van der Waals surface area contributed by atoms with Crippen molar-refractivity contribution in [3.05, 3.63) is 65.4 Å². The molecule has 0 spiro atoms. The Bertz CT molecular complexity index is 1520. The van der Waals surface area contributed by atoms with Gasteiger partial charge >= 0.3 is 5.97 Å². The molecule has 2 saturated carbocycles. The zero-order valence-corrected chi connectivity index (χ0v) is 27.7. The van der Waals surface area contributed by atoms with Crippen molar-refractivity contribution < 1.29 is 36.3 Å². The molecule has 1 heterocycles. The number of hydrogen-bond donors (Lipinski definition) is 0. The van der Waals surface area contributed by atoms with E-state index in [0.29, 0.717) is 30.9 Å². The second-order valence-corrected chi connectivity index (χ2v) is 14.0. The monoisotopic (exact) mass is 655 g/mol. The lowest BCUT2D eigenvalue weighted by molar-refractivity contribution is 0.0507. The molecule has 0 aliphatic heterocycles. The molecule has 2 aliphatic carbocycles. The number of ether oxygens (including phenoxy) is 4. The molecule has 1 aromatic heterocycles. The predicted octanol–water partition coefficient (Wildman–Crippen LogP) is 5.78. The van der Waals surface area contributed by atoms with Gasteiger partial charge in [-0.05, 0) is 105 Å². The van der Waals surface area contributed by atoms with E-state index in [9.17, 15) is 13.2 Å². The SMILES string of the molecule is CCOC(=O)c1nnn(Cc2ccc(OC)cc2)c1OC1CCC(c2ccc(OC[C@H]3CCC[C@H](COS(C)(=O)=O)C3)cc2)CC1. The summed E-state index contributed by atoms with van der Waals surface area (Å²) in [5.41, 5.74) is 2.35. The Morgan fingerprint density at radius 1 is 0.913 bits per heavy atom. The number of carbonyl (C=O) groups excluding carboxylic acids is 1. The second-order valence-electron chi connectivity index (χ2n) is 12.3. The van der Waals surface area contributed by atoms with Crippen LogP contribution in [0.25, 0.3) is 0 Å². The molecular weight excluding hydrogens is 610 g/mol. The van der Waals surface area contributed by atoms with E-state index >= 15 is 0 Å². The first kappa shape index (κ1) is 33.7. The average Bonchev–Trinajstić information content (AvgIpc) is 3.45. The van der Waals surface area contributed by atoms with Gasteiger partial charge in [0.2, 0.25) is 11.6 Å². The van der Waals surface area contributed by atoms with Crippen LogP contribution in [-0.4, -0.2) is 68.7 Å². The Morgan fingerprint density at radius 2 is 1.59 bits per heavy atom. The van der Waals surface area contributed by atoms with E-state index in [-0.39, 0.29) is 30.9 Å². The summed E-state index contributed by atoms with van der Waals surface area (Å²) in [5.74, 6) is 2.46. The fourth-order valence-electron chi connectivity index (χ4n) is 6.40. The van der Waals surface area contributed by atoms with Crippen LogP contribution in [0.1, 0.15) is 85.8 Å². The van der Waals surface area contributed by atoms with Gasteiger partial charge in [0.1, 0.15) is 17.6 Å². The molecule has 2 atom stereocenters. The Kier molecular flexibility index (Phi) is 11.6. The number of carbonyl (C=O) groups is 1. The van der Waals surface area contributed by atoms with E-state index in [1.165, 1.54) is 5.56 Å². The van der Waals surface area contributed by atoms with Gasteiger partial charge in [-0.2, -0.15) is 8.42 Å². The van der Waals surface area contributed by atoms with Crippen molar-refractivity contribution in [3.63, 3.8) is 0 Å². The fourth-order valence-corrected chi connectivity index (χ4v) is 6.84. The van der Waals surface area contributed by atoms with E-state index in [2.05, 4.69) is 22.4 Å². The van der Waals surface area contributed by atoms with Crippen molar-refractivity contribution in [2.75, 3.05) is 33.2 Å². The van der Waals surface area contributed by atoms with Crippen LogP contribution >= 0.6 is 0 Å². The van der Waals surface area contributed by atoms with Crippen LogP contribution in [0.4, 0.5) is 0 Å². The lowest BCUT2D eigenvalue weighted by Crippen LogP contribution is -2.25. The van der Waals surface area contributed by atoms with Crippen LogP contribution in [-0.2, 0) is 25.6 Å². The van der Waals surface area contributed by atoms with Crippen molar-refractivity contribution in [3.8, 4) is 17.4 Å². The Morgan fingerprint density at radius 3 is 2.24 bits per heavy atom. The van der Waals surface area contributed by atoms with Gasteiger partial charge in [-0.25, -0.2) is 9.48 Å². The maximum Gasteiger partial charge on any atom is 0.364 e. The topological polar surface area (TPSA) is 128 Å². The number of nitrogens with zero attached hydrogens (tertiary/aromatic N) is 3. The number of rotatable bonds is 14. The molecule has 0 bridgehead atoms. The molecule has 0 saturated heterocycles. The molecule has 0 N–H and O–H groups in total. The molecule has 0 radical (unpaired) electrons.